The SMILES string of the molecule is Clc1cccc2nc(C3CCC4CCCCC4N3)sc12. The van der Waals surface area contributed by atoms with Gasteiger partial charge in [0.05, 0.1) is 21.3 Å². The standard InChI is InChI=1S/C16H19ClN2S/c17-11-5-3-7-13-15(11)20-16(19-13)14-9-8-10-4-1-2-6-12(10)18-14/h3,5,7,10,12,14,18H,1-2,4,6,8-9H2. The van der Waals surface area contributed by atoms with E-state index < -0.39 is 0 Å². The fraction of sp³-hybridized carbons (Fsp3) is 0.562. The minimum absolute atomic E-state index is 0.433. The molecule has 1 saturated heterocycles. The van der Waals surface area contributed by atoms with Crippen LogP contribution in [0.15, 0.2) is 18.2 Å². The summed E-state index contributed by atoms with van der Waals surface area (Å²) in [5.41, 5.74) is 1.05. The maximum atomic E-state index is 6.27. The van der Waals surface area contributed by atoms with Crippen molar-refractivity contribution in [1.29, 1.82) is 0 Å². The molecule has 1 N–H and O–H groups in total. The number of halogens is 1. The normalized spacial score (nSPS) is 30.4. The van der Waals surface area contributed by atoms with Gasteiger partial charge in [0.15, 0.2) is 0 Å². The van der Waals surface area contributed by atoms with Crippen LogP contribution in [0.2, 0.25) is 5.02 Å². The Hall–Kier alpha value is -0.640. The predicted molar refractivity (Wildman–Crippen MR) is 85.5 cm³/mol. The van der Waals surface area contributed by atoms with E-state index in [9.17, 15) is 0 Å². The van der Waals surface area contributed by atoms with Gasteiger partial charge in [-0.2, -0.15) is 0 Å². The second-order valence-corrected chi connectivity index (χ2v) is 7.53. The first-order valence-corrected chi connectivity index (χ1v) is 8.82. The molecule has 2 aliphatic rings. The Morgan fingerprint density at radius 1 is 1.15 bits per heavy atom. The summed E-state index contributed by atoms with van der Waals surface area (Å²) in [6, 6.07) is 7.15. The molecule has 1 saturated carbocycles. The molecule has 3 unspecified atom stereocenters. The molecule has 1 aromatic heterocycles. The molecule has 0 spiro atoms. The summed E-state index contributed by atoms with van der Waals surface area (Å²) in [6.45, 7) is 0. The minimum Gasteiger partial charge on any atom is -0.305 e. The van der Waals surface area contributed by atoms with Gasteiger partial charge in [-0.25, -0.2) is 4.98 Å². The summed E-state index contributed by atoms with van der Waals surface area (Å²) in [5.74, 6) is 0.901. The Bertz CT molecular complexity index is 624. The number of benzene rings is 1. The molecule has 2 aromatic rings. The van der Waals surface area contributed by atoms with Crippen LogP contribution in [0.1, 0.15) is 49.6 Å². The first-order valence-electron chi connectivity index (χ1n) is 7.62. The van der Waals surface area contributed by atoms with Crippen molar-refractivity contribution >= 4 is 33.2 Å². The summed E-state index contributed by atoms with van der Waals surface area (Å²) in [6.07, 6.45) is 8.13. The maximum Gasteiger partial charge on any atom is 0.111 e. The number of nitrogens with zero attached hydrogens (tertiary/aromatic N) is 1. The van der Waals surface area contributed by atoms with Crippen LogP contribution in [0, 0.1) is 5.92 Å². The number of fused-ring (bicyclic) bond motifs is 2. The zero-order chi connectivity index (χ0) is 13.5. The Kier molecular flexibility index (Phi) is 3.45. The van der Waals surface area contributed by atoms with E-state index in [-0.39, 0.29) is 0 Å². The van der Waals surface area contributed by atoms with Crippen molar-refractivity contribution in [1.82, 2.24) is 10.3 Å². The van der Waals surface area contributed by atoms with E-state index in [0.717, 1.165) is 21.2 Å². The highest BCUT2D eigenvalue weighted by atomic mass is 35.5. The molecule has 20 heavy (non-hydrogen) atoms. The van der Waals surface area contributed by atoms with Gasteiger partial charge in [0, 0.05) is 6.04 Å². The van der Waals surface area contributed by atoms with Crippen LogP contribution in [0.4, 0.5) is 0 Å². The molecule has 106 valence electrons. The van der Waals surface area contributed by atoms with Crippen LogP contribution in [0.5, 0.6) is 0 Å². The lowest BCUT2D eigenvalue weighted by Crippen LogP contribution is -2.44. The van der Waals surface area contributed by atoms with Crippen LogP contribution in [0.3, 0.4) is 0 Å². The van der Waals surface area contributed by atoms with Crippen molar-refractivity contribution in [2.24, 2.45) is 5.92 Å². The van der Waals surface area contributed by atoms with Gasteiger partial charge in [0.25, 0.3) is 0 Å². The molecule has 0 bridgehead atoms. The molecule has 0 amide bonds. The zero-order valence-corrected chi connectivity index (χ0v) is 13.0. The number of hydrogen-bond donors (Lipinski definition) is 1. The van der Waals surface area contributed by atoms with Crippen LogP contribution >= 0.6 is 22.9 Å². The number of hydrogen-bond acceptors (Lipinski definition) is 3. The van der Waals surface area contributed by atoms with E-state index in [4.69, 9.17) is 16.6 Å². The molecule has 1 aliphatic heterocycles. The molecule has 0 radical (unpaired) electrons. The molecule has 3 atom stereocenters. The molecule has 1 aromatic carbocycles. The van der Waals surface area contributed by atoms with E-state index >= 15 is 0 Å². The van der Waals surface area contributed by atoms with Crippen molar-refractivity contribution in [3.8, 4) is 0 Å². The highest BCUT2D eigenvalue weighted by Crippen LogP contribution is 2.39. The second-order valence-electron chi connectivity index (χ2n) is 6.09. The quantitative estimate of drug-likeness (QED) is 0.807. The molecule has 1 aliphatic carbocycles. The van der Waals surface area contributed by atoms with Gasteiger partial charge < -0.3 is 5.32 Å². The molecular formula is C16H19ClN2S. The lowest BCUT2D eigenvalue weighted by molar-refractivity contribution is 0.177. The summed E-state index contributed by atoms with van der Waals surface area (Å²) in [7, 11) is 0. The first kappa shape index (κ1) is 13.1. The van der Waals surface area contributed by atoms with Gasteiger partial charge in [-0.05, 0) is 43.7 Å². The minimum atomic E-state index is 0.433. The van der Waals surface area contributed by atoms with Gasteiger partial charge in [0.1, 0.15) is 5.01 Å². The third kappa shape index (κ3) is 2.26. The van der Waals surface area contributed by atoms with E-state index in [1.54, 1.807) is 11.3 Å². The first-order chi connectivity index (χ1) is 9.81. The maximum absolute atomic E-state index is 6.27. The van der Waals surface area contributed by atoms with Crippen molar-refractivity contribution in [3.63, 3.8) is 0 Å². The Labute approximate surface area is 128 Å². The fourth-order valence-electron chi connectivity index (χ4n) is 3.77. The monoisotopic (exact) mass is 306 g/mol. The zero-order valence-electron chi connectivity index (χ0n) is 11.4. The van der Waals surface area contributed by atoms with Gasteiger partial charge in [-0.15, -0.1) is 11.3 Å². The number of piperidine rings is 1. The van der Waals surface area contributed by atoms with Gasteiger partial charge >= 0.3 is 0 Å². The molecule has 2 heterocycles. The second kappa shape index (κ2) is 5.28. The number of thiazole rings is 1. The van der Waals surface area contributed by atoms with Gasteiger partial charge in [-0.1, -0.05) is 30.5 Å². The highest BCUT2D eigenvalue weighted by molar-refractivity contribution is 7.19. The fourth-order valence-corrected chi connectivity index (χ4v) is 5.12. The lowest BCUT2D eigenvalue weighted by atomic mass is 9.78. The molecule has 4 rings (SSSR count). The molecule has 4 heteroatoms. The van der Waals surface area contributed by atoms with Crippen LogP contribution in [-0.2, 0) is 0 Å². The van der Waals surface area contributed by atoms with Crippen molar-refractivity contribution in [2.45, 2.75) is 50.6 Å². The average Bonchev–Trinajstić information content (AvgIpc) is 2.92. The Balaban J connectivity index is 1.61. The number of rotatable bonds is 1. The van der Waals surface area contributed by atoms with E-state index in [0.29, 0.717) is 12.1 Å². The third-order valence-corrected chi connectivity index (χ3v) is 6.48. The van der Waals surface area contributed by atoms with Crippen LogP contribution in [0.25, 0.3) is 10.2 Å². The summed E-state index contributed by atoms with van der Waals surface area (Å²) in [5, 5.41) is 5.91. The number of aromatic nitrogens is 1. The summed E-state index contributed by atoms with van der Waals surface area (Å²) < 4.78 is 1.14. The average molecular weight is 307 g/mol. The molecular weight excluding hydrogens is 288 g/mol. The van der Waals surface area contributed by atoms with E-state index in [1.165, 1.54) is 43.5 Å². The molecule has 2 nitrogen and oxygen atoms in total. The van der Waals surface area contributed by atoms with Crippen LogP contribution in [-0.4, -0.2) is 11.0 Å². The van der Waals surface area contributed by atoms with Gasteiger partial charge in [-0.3, -0.25) is 0 Å². The van der Waals surface area contributed by atoms with E-state index in [1.807, 2.05) is 12.1 Å². The van der Waals surface area contributed by atoms with E-state index in [2.05, 4.69) is 11.4 Å². The topological polar surface area (TPSA) is 24.9 Å². The summed E-state index contributed by atoms with van der Waals surface area (Å²) in [4.78, 5) is 4.81. The number of nitrogens with one attached hydrogen (secondary N) is 1. The van der Waals surface area contributed by atoms with Crippen LogP contribution < -0.4 is 5.32 Å². The van der Waals surface area contributed by atoms with Crippen molar-refractivity contribution < 1.29 is 0 Å². The van der Waals surface area contributed by atoms with Crippen molar-refractivity contribution in [2.75, 3.05) is 0 Å². The highest BCUT2D eigenvalue weighted by Gasteiger charge is 2.33. The lowest BCUT2D eigenvalue weighted by Gasteiger charge is -2.39. The third-order valence-electron chi connectivity index (χ3n) is 4.83. The summed E-state index contributed by atoms with van der Waals surface area (Å²) >= 11 is 8.03. The molecule has 2 fully saturated rings. The largest absolute Gasteiger partial charge is 0.305 e. The smallest absolute Gasteiger partial charge is 0.111 e. The van der Waals surface area contributed by atoms with Crippen molar-refractivity contribution in [3.05, 3.63) is 28.2 Å². The van der Waals surface area contributed by atoms with Gasteiger partial charge in [0.2, 0.25) is 0 Å². The predicted octanol–water partition coefficient (Wildman–Crippen LogP) is 4.93. The Morgan fingerprint density at radius 3 is 2.95 bits per heavy atom. The Morgan fingerprint density at radius 2 is 2.05 bits per heavy atom.